The van der Waals surface area contributed by atoms with E-state index in [9.17, 15) is 0 Å². The van der Waals surface area contributed by atoms with Crippen LogP contribution in [0.2, 0.25) is 0 Å². The van der Waals surface area contributed by atoms with Gasteiger partial charge in [0.2, 0.25) is 0 Å². The molecule has 0 fully saturated rings. The Morgan fingerprint density at radius 1 is 1.37 bits per heavy atom. The Bertz CT molecular complexity index is 428. The van der Waals surface area contributed by atoms with Gasteiger partial charge in [-0.2, -0.15) is 0 Å². The monoisotopic (exact) mass is 279 g/mol. The van der Waals surface area contributed by atoms with Crippen LogP contribution in [-0.4, -0.2) is 49.6 Å². The molecule has 0 spiro atoms. The zero-order chi connectivity index (χ0) is 14.3. The van der Waals surface area contributed by atoms with Crippen LogP contribution >= 0.6 is 11.3 Å². The first-order valence-corrected chi connectivity index (χ1v) is 7.54. The maximum absolute atomic E-state index is 5.39. The molecule has 0 aliphatic heterocycles. The van der Waals surface area contributed by atoms with Crippen LogP contribution in [-0.2, 0) is 6.54 Å². The van der Waals surface area contributed by atoms with E-state index >= 15 is 0 Å². The van der Waals surface area contributed by atoms with Crippen LogP contribution in [0.25, 0.3) is 0 Å². The van der Waals surface area contributed by atoms with Gasteiger partial charge in [0.25, 0.3) is 0 Å². The fourth-order valence-electron chi connectivity index (χ4n) is 2.09. The molecule has 0 bridgehead atoms. The molecule has 0 saturated heterocycles. The van der Waals surface area contributed by atoms with Crippen LogP contribution in [0, 0.1) is 11.8 Å². The topological polar surface area (TPSA) is 32.5 Å². The molecule has 2 N–H and O–H groups in total. The summed E-state index contributed by atoms with van der Waals surface area (Å²) in [6.45, 7) is 8.07. The Hall–Kier alpha value is -0.860. The normalized spacial score (nSPS) is 12.6. The van der Waals surface area contributed by atoms with E-state index in [1.807, 2.05) is 0 Å². The Morgan fingerprint density at radius 3 is 2.68 bits per heavy atom. The number of nitrogens with two attached hydrogens (primary N) is 1. The highest BCUT2D eigenvalue weighted by atomic mass is 32.1. The number of nitrogens with zero attached hydrogens (tertiary/aromatic N) is 2. The molecule has 0 aliphatic rings. The van der Waals surface area contributed by atoms with Crippen molar-refractivity contribution in [2.75, 3.05) is 33.7 Å². The Balaban J connectivity index is 2.62. The first-order chi connectivity index (χ1) is 9.06. The largest absolute Gasteiger partial charge is 0.320 e. The summed E-state index contributed by atoms with van der Waals surface area (Å²) in [6, 6.07) is 4.82. The molecule has 1 aromatic rings. The number of rotatable bonds is 6. The van der Waals surface area contributed by atoms with Gasteiger partial charge < -0.3 is 10.6 Å². The summed E-state index contributed by atoms with van der Waals surface area (Å²) in [5, 5.41) is 0. The molecule has 1 heterocycles. The number of likely N-dealkylation sites (N-methyl/N-ethyl adjacent to an activating group) is 2. The minimum atomic E-state index is 0.425. The molecule has 1 unspecified atom stereocenters. The third kappa shape index (κ3) is 5.75. The van der Waals surface area contributed by atoms with Crippen molar-refractivity contribution in [2.45, 2.75) is 26.4 Å². The fraction of sp³-hybridized carbons (Fsp3) is 0.600. The molecule has 0 saturated carbocycles. The number of thiophene rings is 1. The summed E-state index contributed by atoms with van der Waals surface area (Å²) in [5.41, 5.74) is 5.39. The molecular weight excluding hydrogens is 254 g/mol. The van der Waals surface area contributed by atoms with E-state index in [0.29, 0.717) is 12.6 Å². The van der Waals surface area contributed by atoms with E-state index < -0.39 is 0 Å². The van der Waals surface area contributed by atoms with Gasteiger partial charge >= 0.3 is 0 Å². The van der Waals surface area contributed by atoms with Crippen LogP contribution < -0.4 is 5.73 Å². The van der Waals surface area contributed by atoms with Crippen molar-refractivity contribution in [1.82, 2.24) is 9.80 Å². The Labute approximate surface area is 121 Å². The van der Waals surface area contributed by atoms with Crippen molar-refractivity contribution in [3.63, 3.8) is 0 Å². The predicted molar refractivity (Wildman–Crippen MR) is 84.4 cm³/mol. The van der Waals surface area contributed by atoms with Gasteiger partial charge in [-0.3, -0.25) is 4.90 Å². The highest BCUT2D eigenvalue weighted by Gasteiger charge is 2.14. The molecule has 0 radical (unpaired) electrons. The summed E-state index contributed by atoms with van der Waals surface area (Å²) in [7, 11) is 4.24. The van der Waals surface area contributed by atoms with Crippen molar-refractivity contribution in [3.05, 3.63) is 21.9 Å². The first kappa shape index (κ1) is 16.2. The molecule has 0 amide bonds. The highest BCUT2D eigenvalue weighted by molar-refractivity contribution is 7.12. The highest BCUT2D eigenvalue weighted by Crippen LogP contribution is 2.18. The summed E-state index contributed by atoms with van der Waals surface area (Å²) in [4.78, 5) is 7.21. The lowest BCUT2D eigenvalue weighted by atomic mass is 10.2. The zero-order valence-electron chi connectivity index (χ0n) is 12.4. The van der Waals surface area contributed by atoms with Crippen LogP contribution in [0.1, 0.15) is 23.6 Å². The zero-order valence-corrected chi connectivity index (χ0v) is 13.3. The Morgan fingerprint density at radius 2 is 2.11 bits per heavy atom. The van der Waals surface area contributed by atoms with Gasteiger partial charge in [-0.25, -0.2) is 0 Å². The van der Waals surface area contributed by atoms with Gasteiger partial charge in [0.15, 0.2) is 0 Å². The third-order valence-electron chi connectivity index (χ3n) is 2.99. The van der Waals surface area contributed by atoms with Crippen molar-refractivity contribution < 1.29 is 0 Å². The van der Waals surface area contributed by atoms with Gasteiger partial charge in [-0.05, 0) is 39.7 Å². The molecule has 0 aromatic carbocycles. The number of hydrogen-bond acceptors (Lipinski definition) is 4. The lowest BCUT2D eigenvalue weighted by Gasteiger charge is -2.29. The van der Waals surface area contributed by atoms with E-state index in [4.69, 9.17) is 5.73 Å². The molecule has 3 nitrogen and oxygen atoms in total. The van der Waals surface area contributed by atoms with Crippen LogP contribution in [0.5, 0.6) is 0 Å². The molecule has 0 aliphatic carbocycles. The second kappa shape index (κ2) is 8.34. The maximum Gasteiger partial charge on any atom is 0.0772 e. The van der Waals surface area contributed by atoms with E-state index in [2.05, 4.69) is 61.7 Å². The summed E-state index contributed by atoms with van der Waals surface area (Å²) < 4.78 is 0. The van der Waals surface area contributed by atoms with Crippen molar-refractivity contribution in [3.8, 4) is 11.8 Å². The summed E-state index contributed by atoms with van der Waals surface area (Å²) in [5.74, 6) is 6.00. The number of hydrogen-bond donors (Lipinski definition) is 1. The lowest BCUT2D eigenvalue weighted by Crippen LogP contribution is -2.39. The third-order valence-corrected chi connectivity index (χ3v) is 3.98. The van der Waals surface area contributed by atoms with Crippen LogP contribution in [0.15, 0.2) is 12.1 Å². The van der Waals surface area contributed by atoms with Crippen molar-refractivity contribution in [1.29, 1.82) is 0 Å². The second-order valence-electron chi connectivity index (χ2n) is 4.95. The average molecular weight is 279 g/mol. The molecule has 1 rings (SSSR count). The van der Waals surface area contributed by atoms with E-state index in [0.717, 1.165) is 24.5 Å². The van der Waals surface area contributed by atoms with Crippen molar-refractivity contribution in [2.24, 2.45) is 5.73 Å². The Kier molecular flexibility index (Phi) is 7.11. The summed E-state index contributed by atoms with van der Waals surface area (Å²) in [6.07, 6.45) is 0. The summed E-state index contributed by atoms with van der Waals surface area (Å²) >= 11 is 1.77. The van der Waals surface area contributed by atoms with Crippen molar-refractivity contribution >= 4 is 11.3 Å². The van der Waals surface area contributed by atoms with E-state index in [-0.39, 0.29) is 0 Å². The van der Waals surface area contributed by atoms with Gasteiger partial charge in [0.1, 0.15) is 0 Å². The smallest absolute Gasteiger partial charge is 0.0772 e. The van der Waals surface area contributed by atoms with Gasteiger partial charge in [0, 0.05) is 24.0 Å². The molecule has 4 heteroatoms. The minimum Gasteiger partial charge on any atom is -0.320 e. The quantitative estimate of drug-likeness (QED) is 0.806. The molecule has 19 heavy (non-hydrogen) atoms. The lowest BCUT2D eigenvalue weighted by molar-refractivity contribution is 0.175. The van der Waals surface area contributed by atoms with Gasteiger partial charge in [0.05, 0.1) is 11.4 Å². The van der Waals surface area contributed by atoms with E-state index in [1.54, 1.807) is 11.3 Å². The van der Waals surface area contributed by atoms with Gasteiger partial charge in [-0.15, -0.1) is 11.3 Å². The van der Waals surface area contributed by atoms with E-state index in [1.165, 1.54) is 4.88 Å². The van der Waals surface area contributed by atoms with Crippen LogP contribution in [0.3, 0.4) is 0 Å². The predicted octanol–water partition coefficient (Wildman–Crippen LogP) is 1.83. The molecular formula is C15H25N3S. The minimum absolute atomic E-state index is 0.425. The maximum atomic E-state index is 5.39. The van der Waals surface area contributed by atoms with Gasteiger partial charge in [-0.1, -0.05) is 18.8 Å². The fourth-order valence-corrected chi connectivity index (χ4v) is 3.00. The average Bonchev–Trinajstić information content (AvgIpc) is 2.80. The first-order valence-electron chi connectivity index (χ1n) is 6.73. The SMILES string of the molecule is CCN(Cc1ccc(C#CCN)s1)C(C)CN(C)C. The molecule has 1 atom stereocenters. The molecule has 1 aromatic heterocycles. The van der Waals surface area contributed by atoms with Crippen LogP contribution in [0.4, 0.5) is 0 Å². The second-order valence-corrected chi connectivity index (χ2v) is 6.11. The standard InChI is InChI=1S/C15H25N3S/c1-5-18(13(2)11-17(3)4)12-15-9-8-14(19-15)7-6-10-16/h8-9,13H,5,10-12,16H2,1-4H3. The molecule has 106 valence electrons.